The normalized spacial score (nSPS) is 16.1. The average Bonchev–Trinajstić information content (AvgIpc) is 1.78. The zero-order valence-corrected chi connectivity index (χ0v) is 9.46. The molecule has 0 aromatic heterocycles. The van der Waals surface area contributed by atoms with Crippen LogP contribution >= 0.6 is 0 Å². The quantitative estimate of drug-likeness (QED) is 0.483. The van der Waals surface area contributed by atoms with Crippen LogP contribution in [-0.4, -0.2) is 17.7 Å². The van der Waals surface area contributed by atoms with Crippen LogP contribution in [-0.2, 0) is 35.4 Å². The number of carboxylic acid groups (broad SMARTS) is 2. The van der Waals surface area contributed by atoms with Crippen LogP contribution in [0.2, 0.25) is 0 Å². The summed E-state index contributed by atoms with van der Waals surface area (Å²) in [4.78, 5) is 30.8. The molecule has 0 heterocycles. The number of carbonyl (C=O) groups excluding carboxylic acids is 3. The maximum atomic E-state index is 10.3. The first-order valence-electron chi connectivity index (χ1n) is 2.93. The van der Waals surface area contributed by atoms with Crippen molar-refractivity contribution in [3.63, 3.8) is 0 Å². The zero-order chi connectivity index (χ0) is 8.65. The zero-order valence-electron chi connectivity index (χ0n) is 7.19. The van der Waals surface area contributed by atoms with Crippen LogP contribution in [0.4, 0.5) is 0 Å². The van der Waals surface area contributed by atoms with Crippen molar-refractivity contribution in [2.75, 3.05) is 0 Å². The molecule has 0 aromatic carbocycles. The number of aliphatic carboxylic acids is 2. The number of Topliss-reactive ketones (excluding diaryl/α,β-unsaturated/α-hetero) is 1. The van der Waals surface area contributed by atoms with Crippen molar-refractivity contribution in [1.29, 1.82) is 0 Å². The number of ketones is 1. The van der Waals surface area contributed by atoms with Gasteiger partial charge in [0.25, 0.3) is 0 Å². The molecule has 1 saturated carbocycles. The molecule has 84 valence electrons. The molecule has 6 N–H and O–H groups in total. The summed E-state index contributed by atoms with van der Waals surface area (Å²) in [6.45, 7) is 0. The molecule has 0 saturated heterocycles. The Labute approximate surface area is 94.3 Å². The van der Waals surface area contributed by atoms with E-state index in [2.05, 4.69) is 0 Å². The molecule has 1 aliphatic rings. The van der Waals surface area contributed by atoms with Gasteiger partial charge in [0.15, 0.2) is 0 Å². The van der Waals surface area contributed by atoms with Crippen molar-refractivity contribution in [2.24, 2.45) is 5.41 Å². The van der Waals surface area contributed by atoms with E-state index in [9.17, 15) is 24.6 Å². The minimum absolute atomic E-state index is 0. The van der Waals surface area contributed by atoms with Crippen molar-refractivity contribution in [2.45, 2.75) is 12.8 Å². The van der Waals surface area contributed by atoms with Gasteiger partial charge in [-0.3, -0.25) is 4.79 Å². The molecule has 0 spiro atoms. The first-order chi connectivity index (χ1) is 4.99. The van der Waals surface area contributed by atoms with E-state index < -0.39 is 36.0 Å². The van der Waals surface area contributed by atoms with Crippen LogP contribution in [0.5, 0.6) is 0 Å². The van der Waals surface area contributed by atoms with Gasteiger partial charge in [0, 0.05) is 12.8 Å². The SMILES string of the molecule is N.N.O=C1CC(C(=O)[O-])(C(=O)[O-])C1.[Pt+2]. The summed E-state index contributed by atoms with van der Waals surface area (Å²) in [5.74, 6) is -3.87. The topological polar surface area (TPSA) is 167 Å². The summed E-state index contributed by atoms with van der Waals surface area (Å²) in [6, 6.07) is 0. The van der Waals surface area contributed by atoms with Gasteiger partial charge in [-0.25, -0.2) is 0 Å². The minimum atomic E-state index is -2.04. The Balaban J connectivity index is -0.000000403. The molecule has 1 rings (SSSR count). The number of carbonyl (C=O) groups is 3. The summed E-state index contributed by atoms with van der Waals surface area (Å²) in [7, 11) is 0. The van der Waals surface area contributed by atoms with E-state index in [4.69, 9.17) is 0 Å². The molecule has 0 aliphatic heterocycles. The Morgan fingerprint density at radius 2 is 1.36 bits per heavy atom. The van der Waals surface area contributed by atoms with Crippen LogP contribution in [0.15, 0.2) is 0 Å². The molecule has 1 fully saturated rings. The molecule has 14 heavy (non-hydrogen) atoms. The van der Waals surface area contributed by atoms with Gasteiger partial charge in [0.05, 0.1) is 17.4 Å². The van der Waals surface area contributed by atoms with Crippen molar-refractivity contribution in [1.82, 2.24) is 12.3 Å². The standard InChI is InChI=1S/C6H6O5.2H3N.Pt/c7-3-1-6(2-3,4(8)9)5(10)11;;;/h1-2H2,(H,8,9)(H,10,11);2*1H3;/q;;;+2/p-2. The third-order valence-corrected chi connectivity index (χ3v) is 1.78. The number of carboxylic acids is 2. The summed E-state index contributed by atoms with van der Waals surface area (Å²) >= 11 is 0. The number of hydrogen-bond acceptors (Lipinski definition) is 7. The Morgan fingerprint density at radius 3 is 1.43 bits per heavy atom. The van der Waals surface area contributed by atoms with Gasteiger partial charge >= 0.3 is 21.1 Å². The summed E-state index contributed by atoms with van der Waals surface area (Å²) in [5, 5.41) is 20.4. The van der Waals surface area contributed by atoms with E-state index in [0.29, 0.717) is 0 Å². The molecular formula is C6H10N2O5Pt. The molecule has 0 amide bonds. The van der Waals surface area contributed by atoms with E-state index in [1.807, 2.05) is 0 Å². The van der Waals surface area contributed by atoms with E-state index >= 15 is 0 Å². The minimum Gasteiger partial charge on any atom is -0.549 e. The molecule has 0 atom stereocenters. The molecule has 8 heteroatoms. The molecule has 0 bridgehead atoms. The molecular weight excluding hydrogens is 375 g/mol. The third kappa shape index (κ3) is 2.60. The fourth-order valence-electron chi connectivity index (χ4n) is 0.993. The molecule has 0 unspecified atom stereocenters. The Bertz CT molecular complexity index is 231. The monoisotopic (exact) mass is 385 g/mol. The molecule has 1 aliphatic carbocycles. The van der Waals surface area contributed by atoms with Crippen molar-refractivity contribution in [3.8, 4) is 0 Å². The van der Waals surface area contributed by atoms with Crippen LogP contribution in [0.25, 0.3) is 0 Å². The predicted molar refractivity (Wildman–Crippen MR) is 36.7 cm³/mol. The van der Waals surface area contributed by atoms with Gasteiger partial charge in [-0.05, 0) is 0 Å². The first kappa shape index (κ1) is 18.9. The van der Waals surface area contributed by atoms with Gasteiger partial charge in [-0.1, -0.05) is 0 Å². The average molecular weight is 385 g/mol. The largest absolute Gasteiger partial charge is 2.00 e. The van der Waals surface area contributed by atoms with E-state index in [0.717, 1.165) is 0 Å². The van der Waals surface area contributed by atoms with Gasteiger partial charge in [-0.15, -0.1) is 0 Å². The van der Waals surface area contributed by atoms with Crippen molar-refractivity contribution < 1.29 is 45.7 Å². The van der Waals surface area contributed by atoms with Gasteiger partial charge in [-0.2, -0.15) is 0 Å². The second-order valence-corrected chi connectivity index (χ2v) is 2.55. The van der Waals surface area contributed by atoms with Gasteiger partial charge in [0.2, 0.25) is 0 Å². The number of rotatable bonds is 2. The smallest absolute Gasteiger partial charge is 0.549 e. The molecule has 0 radical (unpaired) electrons. The summed E-state index contributed by atoms with van der Waals surface area (Å²) in [5.41, 5.74) is -2.04. The van der Waals surface area contributed by atoms with Crippen molar-refractivity contribution in [3.05, 3.63) is 0 Å². The van der Waals surface area contributed by atoms with Crippen LogP contribution in [0, 0.1) is 5.41 Å². The van der Waals surface area contributed by atoms with Gasteiger partial charge in [0.1, 0.15) is 5.78 Å². The Morgan fingerprint density at radius 1 is 1.07 bits per heavy atom. The van der Waals surface area contributed by atoms with Crippen LogP contribution in [0.3, 0.4) is 0 Å². The van der Waals surface area contributed by atoms with E-state index in [-0.39, 0.29) is 33.4 Å². The first-order valence-corrected chi connectivity index (χ1v) is 2.93. The fourth-order valence-corrected chi connectivity index (χ4v) is 0.993. The molecule has 0 aromatic rings. The maximum Gasteiger partial charge on any atom is 2.00 e. The predicted octanol–water partition coefficient (Wildman–Crippen LogP) is -2.84. The maximum absolute atomic E-state index is 10.3. The molecule has 7 nitrogen and oxygen atoms in total. The second-order valence-electron chi connectivity index (χ2n) is 2.55. The second kappa shape index (κ2) is 5.85. The number of hydrogen-bond donors (Lipinski definition) is 2. The fraction of sp³-hybridized carbons (Fsp3) is 0.500. The Kier molecular flexibility index (Phi) is 7.89. The van der Waals surface area contributed by atoms with E-state index in [1.165, 1.54) is 0 Å². The van der Waals surface area contributed by atoms with Crippen molar-refractivity contribution >= 4 is 17.7 Å². The summed E-state index contributed by atoms with van der Waals surface area (Å²) < 4.78 is 0. The summed E-state index contributed by atoms with van der Waals surface area (Å²) in [6.07, 6.45) is -1.00. The van der Waals surface area contributed by atoms with Crippen LogP contribution in [0.1, 0.15) is 12.8 Å². The Hall–Kier alpha value is -0.782. The van der Waals surface area contributed by atoms with Gasteiger partial charge < -0.3 is 32.1 Å². The van der Waals surface area contributed by atoms with E-state index in [1.54, 1.807) is 0 Å². The van der Waals surface area contributed by atoms with Crippen LogP contribution < -0.4 is 22.5 Å². The third-order valence-electron chi connectivity index (χ3n) is 1.78.